The van der Waals surface area contributed by atoms with E-state index < -0.39 is 41.2 Å². The first-order valence-corrected chi connectivity index (χ1v) is 9.57. The molecule has 0 aromatic heterocycles. The molecule has 0 saturated heterocycles. The Kier molecular flexibility index (Phi) is 6.76. The Morgan fingerprint density at radius 2 is 0.848 bits per heavy atom. The lowest BCUT2D eigenvalue weighted by molar-refractivity contribution is -0.274. The van der Waals surface area contributed by atoms with E-state index in [2.05, 4.69) is 14.2 Å². The summed E-state index contributed by atoms with van der Waals surface area (Å²) in [5.41, 5.74) is -0.208. The fourth-order valence-electron chi connectivity index (χ4n) is 2.77. The van der Waals surface area contributed by atoms with Crippen LogP contribution in [0.25, 0.3) is 0 Å². The van der Waals surface area contributed by atoms with E-state index in [4.69, 9.17) is 0 Å². The predicted octanol–water partition coefficient (Wildman–Crippen LogP) is 7.40. The third-order valence-corrected chi connectivity index (χ3v) is 4.44. The molecule has 0 saturated carbocycles. The molecule has 0 aliphatic carbocycles. The van der Waals surface area contributed by atoms with Crippen LogP contribution >= 0.6 is 0 Å². The van der Waals surface area contributed by atoms with E-state index in [9.17, 15) is 30.7 Å². The van der Waals surface area contributed by atoms with Gasteiger partial charge in [0.2, 0.25) is 0 Å². The van der Waals surface area contributed by atoms with Crippen LogP contribution < -0.4 is 14.2 Å². The molecule has 0 heterocycles. The standard InChI is InChI=1S/C23H17F7O3/c1-2-15-3-5-16(6-4-15)21(24,25)31-18-9-7-17(8-10-18)22(26,27)32-19-11-13-20(14-12-19)33-23(28,29)30/h3-14H,2H2,1H3. The van der Waals surface area contributed by atoms with E-state index in [1.54, 1.807) is 0 Å². The summed E-state index contributed by atoms with van der Waals surface area (Å²) in [6, 6.07) is 12.4. The highest BCUT2D eigenvalue weighted by molar-refractivity contribution is 5.34. The van der Waals surface area contributed by atoms with Crippen LogP contribution in [0.1, 0.15) is 23.6 Å². The normalized spacial score (nSPS) is 12.4. The SMILES string of the molecule is CCc1ccc(C(F)(F)Oc2ccc(C(F)(F)Oc3ccc(OC(F)(F)F)cc3)cc2)cc1. The minimum atomic E-state index is -4.92. The summed E-state index contributed by atoms with van der Waals surface area (Å²) in [5, 5.41) is 0. The summed E-state index contributed by atoms with van der Waals surface area (Å²) in [6.45, 7) is 1.88. The second kappa shape index (κ2) is 9.21. The van der Waals surface area contributed by atoms with Crippen molar-refractivity contribution >= 4 is 0 Å². The van der Waals surface area contributed by atoms with Crippen molar-refractivity contribution < 1.29 is 44.9 Å². The van der Waals surface area contributed by atoms with Gasteiger partial charge in [-0.3, -0.25) is 0 Å². The van der Waals surface area contributed by atoms with Gasteiger partial charge in [0.25, 0.3) is 0 Å². The molecular formula is C23H17F7O3. The van der Waals surface area contributed by atoms with Crippen molar-refractivity contribution in [3.8, 4) is 17.2 Å². The minimum Gasteiger partial charge on any atom is -0.429 e. The van der Waals surface area contributed by atoms with Gasteiger partial charge in [-0.1, -0.05) is 19.1 Å². The Hall–Kier alpha value is -3.43. The van der Waals surface area contributed by atoms with Crippen molar-refractivity contribution in [1.29, 1.82) is 0 Å². The Morgan fingerprint density at radius 3 is 1.21 bits per heavy atom. The van der Waals surface area contributed by atoms with Crippen molar-refractivity contribution in [1.82, 2.24) is 0 Å². The van der Waals surface area contributed by atoms with E-state index in [1.165, 1.54) is 24.3 Å². The largest absolute Gasteiger partial charge is 0.573 e. The van der Waals surface area contributed by atoms with Crippen LogP contribution in [0.2, 0.25) is 0 Å². The van der Waals surface area contributed by atoms with Gasteiger partial charge in [-0.15, -0.1) is 13.2 Å². The Labute approximate surface area is 184 Å². The zero-order valence-corrected chi connectivity index (χ0v) is 17.0. The smallest absolute Gasteiger partial charge is 0.429 e. The number of hydrogen-bond donors (Lipinski definition) is 0. The summed E-state index contributed by atoms with van der Waals surface area (Å²) >= 11 is 0. The number of rotatable bonds is 8. The zero-order valence-electron chi connectivity index (χ0n) is 17.0. The summed E-state index contributed by atoms with van der Waals surface area (Å²) in [4.78, 5) is 0. The Morgan fingerprint density at radius 1 is 0.515 bits per heavy atom. The van der Waals surface area contributed by atoms with Gasteiger partial charge in [-0.05, 0) is 72.6 Å². The fourth-order valence-corrected chi connectivity index (χ4v) is 2.77. The average molecular weight is 474 g/mol. The van der Waals surface area contributed by atoms with Crippen LogP contribution in [0.4, 0.5) is 30.7 Å². The Balaban J connectivity index is 1.67. The number of alkyl halides is 7. The summed E-state index contributed by atoms with van der Waals surface area (Å²) in [7, 11) is 0. The quantitative estimate of drug-likeness (QED) is 0.319. The monoisotopic (exact) mass is 474 g/mol. The molecule has 3 rings (SSSR count). The van der Waals surface area contributed by atoms with Crippen LogP contribution in [-0.4, -0.2) is 6.36 Å². The third-order valence-electron chi connectivity index (χ3n) is 4.44. The molecule has 3 nitrogen and oxygen atoms in total. The van der Waals surface area contributed by atoms with Crippen LogP contribution in [0.15, 0.2) is 72.8 Å². The molecule has 0 N–H and O–H groups in total. The summed E-state index contributed by atoms with van der Waals surface area (Å²) in [6.07, 6.45) is -11.8. The maximum atomic E-state index is 14.4. The highest BCUT2D eigenvalue weighted by Crippen LogP contribution is 2.36. The first kappa shape index (κ1) is 24.2. The molecule has 10 heteroatoms. The molecule has 0 aliphatic heterocycles. The van der Waals surface area contributed by atoms with Crippen molar-refractivity contribution in [3.05, 3.63) is 89.5 Å². The minimum absolute atomic E-state index is 0.354. The van der Waals surface area contributed by atoms with Gasteiger partial charge < -0.3 is 14.2 Å². The second-order valence-electron chi connectivity index (χ2n) is 6.83. The van der Waals surface area contributed by atoms with Crippen LogP contribution in [-0.2, 0) is 18.6 Å². The first-order chi connectivity index (χ1) is 15.4. The summed E-state index contributed by atoms with van der Waals surface area (Å²) < 4.78 is 107. The van der Waals surface area contributed by atoms with Crippen molar-refractivity contribution in [3.63, 3.8) is 0 Å². The van der Waals surface area contributed by atoms with Crippen molar-refractivity contribution in [2.75, 3.05) is 0 Å². The number of halogens is 7. The van der Waals surface area contributed by atoms with Gasteiger partial charge in [-0.2, -0.15) is 17.6 Å². The molecule has 176 valence electrons. The van der Waals surface area contributed by atoms with E-state index in [1.807, 2.05) is 6.92 Å². The third kappa shape index (κ3) is 6.53. The molecule has 0 unspecified atom stereocenters. The lowest BCUT2D eigenvalue weighted by Crippen LogP contribution is -2.23. The molecule has 3 aromatic carbocycles. The lowest BCUT2D eigenvalue weighted by atomic mass is 10.1. The average Bonchev–Trinajstić information content (AvgIpc) is 2.74. The van der Waals surface area contributed by atoms with E-state index in [0.29, 0.717) is 6.42 Å². The van der Waals surface area contributed by atoms with Crippen LogP contribution in [0.5, 0.6) is 17.2 Å². The molecule has 0 spiro atoms. The molecular weight excluding hydrogens is 457 g/mol. The number of hydrogen-bond acceptors (Lipinski definition) is 3. The second-order valence-corrected chi connectivity index (χ2v) is 6.83. The molecule has 0 aliphatic rings. The number of ether oxygens (including phenoxy) is 3. The van der Waals surface area contributed by atoms with E-state index in [-0.39, 0.29) is 5.75 Å². The molecule has 0 fully saturated rings. The molecule has 3 aromatic rings. The maximum Gasteiger partial charge on any atom is 0.573 e. The Bertz CT molecular complexity index is 1050. The van der Waals surface area contributed by atoms with Crippen LogP contribution in [0.3, 0.4) is 0 Å². The van der Waals surface area contributed by atoms with Gasteiger partial charge in [0.05, 0.1) is 11.1 Å². The van der Waals surface area contributed by atoms with E-state index >= 15 is 0 Å². The van der Waals surface area contributed by atoms with Crippen LogP contribution in [0, 0.1) is 0 Å². The molecule has 0 radical (unpaired) electrons. The predicted molar refractivity (Wildman–Crippen MR) is 104 cm³/mol. The van der Waals surface area contributed by atoms with Gasteiger partial charge in [0, 0.05) is 0 Å². The van der Waals surface area contributed by atoms with Gasteiger partial charge in [-0.25, -0.2) is 0 Å². The lowest BCUT2D eigenvalue weighted by Gasteiger charge is -2.21. The topological polar surface area (TPSA) is 27.7 Å². The molecule has 0 amide bonds. The first-order valence-electron chi connectivity index (χ1n) is 9.57. The van der Waals surface area contributed by atoms with E-state index in [0.717, 1.165) is 54.1 Å². The maximum absolute atomic E-state index is 14.4. The van der Waals surface area contributed by atoms with Gasteiger partial charge in [0.1, 0.15) is 17.2 Å². The van der Waals surface area contributed by atoms with Gasteiger partial charge in [0.15, 0.2) is 0 Å². The molecule has 0 atom stereocenters. The fraction of sp³-hybridized carbons (Fsp3) is 0.217. The highest BCUT2D eigenvalue weighted by atomic mass is 19.4. The van der Waals surface area contributed by atoms with Crippen molar-refractivity contribution in [2.45, 2.75) is 31.9 Å². The molecule has 0 bridgehead atoms. The number of aryl methyl sites for hydroxylation is 1. The highest BCUT2D eigenvalue weighted by Gasteiger charge is 2.37. The van der Waals surface area contributed by atoms with Crippen molar-refractivity contribution in [2.24, 2.45) is 0 Å². The zero-order chi connectivity index (χ0) is 24.3. The van der Waals surface area contributed by atoms with Gasteiger partial charge >= 0.3 is 18.6 Å². The summed E-state index contributed by atoms with van der Waals surface area (Å²) in [5.74, 6) is -1.39. The number of benzene rings is 3. The molecule has 33 heavy (non-hydrogen) atoms.